The van der Waals surface area contributed by atoms with Crippen LogP contribution in [0.3, 0.4) is 0 Å². The van der Waals surface area contributed by atoms with E-state index in [1.807, 2.05) is 17.5 Å². The summed E-state index contributed by atoms with van der Waals surface area (Å²) in [6.07, 6.45) is 2.33. The zero-order valence-electron chi connectivity index (χ0n) is 8.77. The van der Waals surface area contributed by atoms with Gasteiger partial charge in [-0.05, 0) is 24.3 Å². The lowest BCUT2D eigenvalue weighted by Crippen LogP contribution is -2.26. The van der Waals surface area contributed by atoms with Crippen LogP contribution in [0.25, 0.3) is 0 Å². The molecule has 1 heterocycles. The lowest BCUT2D eigenvalue weighted by Gasteiger charge is -2.12. The highest BCUT2D eigenvalue weighted by Crippen LogP contribution is 2.12. The summed E-state index contributed by atoms with van der Waals surface area (Å²) in [6, 6.07) is 6.05. The van der Waals surface area contributed by atoms with Gasteiger partial charge in [0.05, 0.1) is 6.07 Å². The molecule has 15 heavy (non-hydrogen) atoms. The van der Waals surface area contributed by atoms with Gasteiger partial charge in [-0.1, -0.05) is 6.07 Å². The predicted octanol–water partition coefficient (Wildman–Crippen LogP) is 2.05. The number of carbonyl (C=O) groups is 1. The Bertz CT molecular complexity index is 340. The molecule has 0 aromatic carbocycles. The maximum Gasteiger partial charge on any atom is 0.223 e. The molecule has 0 aliphatic carbocycles. The number of nitrogens with zero attached hydrogens (tertiary/aromatic N) is 2. The lowest BCUT2D eigenvalue weighted by atomic mass is 10.2. The fourth-order valence-electron chi connectivity index (χ4n) is 1.25. The van der Waals surface area contributed by atoms with E-state index in [0.29, 0.717) is 6.42 Å². The van der Waals surface area contributed by atoms with E-state index in [9.17, 15) is 4.79 Å². The van der Waals surface area contributed by atoms with Crippen molar-refractivity contribution in [3.05, 3.63) is 22.4 Å². The number of thiophene rings is 1. The first kappa shape index (κ1) is 11.7. The smallest absolute Gasteiger partial charge is 0.223 e. The van der Waals surface area contributed by atoms with E-state index in [1.54, 1.807) is 18.4 Å². The molecule has 0 aliphatic rings. The molecular formula is C11H14N2OS. The van der Waals surface area contributed by atoms with Crippen LogP contribution in [0.15, 0.2) is 17.5 Å². The number of nitriles is 1. The Kier molecular flexibility index (Phi) is 4.85. The highest BCUT2D eigenvalue weighted by Gasteiger charge is 2.07. The van der Waals surface area contributed by atoms with Crippen molar-refractivity contribution < 1.29 is 4.79 Å². The third-order valence-electron chi connectivity index (χ3n) is 2.13. The molecule has 1 aromatic rings. The van der Waals surface area contributed by atoms with Crippen molar-refractivity contribution in [1.82, 2.24) is 4.90 Å². The van der Waals surface area contributed by atoms with E-state index in [-0.39, 0.29) is 12.5 Å². The first-order valence-electron chi connectivity index (χ1n) is 4.87. The second-order valence-corrected chi connectivity index (χ2v) is 4.37. The van der Waals surface area contributed by atoms with Crippen molar-refractivity contribution in [2.45, 2.75) is 19.3 Å². The number of hydrogen-bond donors (Lipinski definition) is 0. The Labute approximate surface area is 93.9 Å². The van der Waals surface area contributed by atoms with Crippen molar-refractivity contribution in [3.8, 4) is 6.07 Å². The highest BCUT2D eigenvalue weighted by molar-refractivity contribution is 7.09. The van der Waals surface area contributed by atoms with Gasteiger partial charge >= 0.3 is 0 Å². The van der Waals surface area contributed by atoms with Gasteiger partial charge in [-0.2, -0.15) is 5.26 Å². The Morgan fingerprint density at radius 2 is 2.47 bits per heavy atom. The molecule has 0 aliphatic heterocycles. The van der Waals surface area contributed by atoms with E-state index in [2.05, 4.69) is 6.07 Å². The highest BCUT2D eigenvalue weighted by atomic mass is 32.1. The summed E-state index contributed by atoms with van der Waals surface area (Å²) >= 11 is 1.72. The van der Waals surface area contributed by atoms with Crippen LogP contribution in [-0.2, 0) is 11.2 Å². The Hall–Kier alpha value is -1.34. The number of aryl methyl sites for hydroxylation is 1. The fraction of sp³-hybridized carbons (Fsp3) is 0.455. The fourth-order valence-corrected chi connectivity index (χ4v) is 2.01. The lowest BCUT2D eigenvalue weighted by molar-refractivity contribution is -0.129. The first-order valence-corrected chi connectivity index (χ1v) is 5.75. The van der Waals surface area contributed by atoms with Gasteiger partial charge in [0.1, 0.15) is 6.54 Å². The summed E-state index contributed by atoms with van der Waals surface area (Å²) in [5.74, 6) is 0.0492. The molecule has 0 atom stereocenters. The molecular weight excluding hydrogens is 208 g/mol. The molecule has 0 bridgehead atoms. The van der Waals surface area contributed by atoms with E-state index < -0.39 is 0 Å². The average molecular weight is 222 g/mol. The summed E-state index contributed by atoms with van der Waals surface area (Å²) in [5, 5.41) is 10.5. The molecule has 0 saturated heterocycles. The molecule has 0 N–H and O–H groups in total. The maximum atomic E-state index is 11.4. The Balaban J connectivity index is 2.20. The predicted molar refractivity (Wildman–Crippen MR) is 60.5 cm³/mol. The summed E-state index contributed by atoms with van der Waals surface area (Å²) in [6.45, 7) is 0.178. The second kappa shape index (κ2) is 6.20. The standard InChI is InChI=1S/C11H14N2OS/c1-13(8-7-12)11(14)6-2-4-10-5-3-9-15-10/h3,5,9H,2,4,6,8H2,1H3. The van der Waals surface area contributed by atoms with Crippen LogP contribution in [0.2, 0.25) is 0 Å². The van der Waals surface area contributed by atoms with E-state index in [4.69, 9.17) is 5.26 Å². The third-order valence-corrected chi connectivity index (χ3v) is 3.06. The molecule has 3 nitrogen and oxygen atoms in total. The van der Waals surface area contributed by atoms with Crippen LogP contribution in [0.4, 0.5) is 0 Å². The minimum atomic E-state index is 0.0492. The quantitative estimate of drug-likeness (QED) is 0.716. The van der Waals surface area contributed by atoms with Crippen LogP contribution in [-0.4, -0.2) is 24.4 Å². The zero-order valence-corrected chi connectivity index (χ0v) is 9.59. The van der Waals surface area contributed by atoms with Crippen LogP contribution < -0.4 is 0 Å². The van der Waals surface area contributed by atoms with Gasteiger partial charge < -0.3 is 4.90 Å². The van der Waals surface area contributed by atoms with Gasteiger partial charge in [-0.3, -0.25) is 4.79 Å². The molecule has 0 fully saturated rings. The largest absolute Gasteiger partial charge is 0.332 e. The first-order chi connectivity index (χ1) is 7.24. The minimum Gasteiger partial charge on any atom is -0.332 e. The van der Waals surface area contributed by atoms with Crippen LogP contribution in [0.1, 0.15) is 17.7 Å². The molecule has 4 heteroatoms. The van der Waals surface area contributed by atoms with E-state index in [0.717, 1.165) is 12.8 Å². The van der Waals surface area contributed by atoms with Crippen LogP contribution in [0.5, 0.6) is 0 Å². The Morgan fingerprint density at radius 1 is 1.67 bits per heavy atom. The molecule has 1 aromatic heterocycles. The normalized spacial score (nSPS) is 9.60. The second-order valence-electron chi connectivity index (χ2n) is 3.34. The van der Waals surface area contributed by atoms with Gasteiger partial charge in [-0.15, -0.1) is 11.3 Å². The van der Waals surface area contributed by atoms with Crippen molar-refractivity contribution in [1.29, 1.82) is 5.26 Å². The van der Waals surface area contributed by atoms with Gasteiger partial charge in [-0.25, -0.2) is 0 Å². The van der Waals surface area contributed by atoms with E-state index in [1.165, 1.54) is 9.78 Å². The average Bonchev–Trinajstić information content (AvgIpc) is 2.71. The van der Waals surface area contributed by atoms with Crippen molar-refractivity contribution >= 4 is 17.2 Å². The zero-order chi connectivity index (χ0) is 11.1. The van der Waals surface area contributed by atoms with Crippen LogP contribution in [0, 0.1) is 11.3 Å². The minimum absolute atomic E-state index is 0.0492. The summed E-state index contributed by atoms with van der Waals surface area (Å²) in [4.78, 5) is 14.2. The molecule has 0 unspecified atom stereocenters. The number of hydrogen-bond acceptors (Lipinski definition) is 3. The maximum absolute atomic E-state index is 11.4. The molecule has 0 spiro atoms. The van der Waals surface area contributed by atoms with Crippen molar-refractivity contribution in [3.63, 3.8) is 0 Å². The number of rotatable bonds is 5. The van der Waals surface area contributed by atoms with Crippen LogP contribution >= 0.6 is 11.3 Å². The van der Waals surface area contributed by atoms with E-state index >= 15 is 0 Å². The van der Waals surface area contributed by atoms with Gasteiger partial charge in [0.25, 0.3) is 0 Å². The van der Waals surface area contributed by atoms with Crippen molar-refractivity contribution in [2.24, 2.45) is 0 Å². The summed E-state index contributed by atoms with van der Waals surface area (Å²) < 4.78 is 0. The van der Waals surface area contributed by atoms with Gasteiger partial charge in [0, 0.05) is 18.3 Å². The third kappa shape index (κ3) is 4.13. The molecule has 0 radical (unpaired) electrons. The summed E-state index contributed by atoms with van der Waals surface area (Å²) in [7, 11) is 1.66. The molecule has 1 amide bonds. The van der Waals surface area contributed by atoms with Crippen molar-refractivity contribution in [2.75, 3.05) is 13.6 Å². The molecule has 80 valence electrons. The molecule has 0 saturated carbocycles. The SMILES string of the molecule is CN(CC#N)C(=O)CCCc1cccs1. The summed E-state index contributed by atoms with van der Waals surface area (Å²) in [5.41, 5.74) is 0. The van der Waals surface area contributed by atoms with Gasteiger partial charge in [0.2, 0.25) is 5.91 Å². The Morgan fingerprint density at radius 3 is 3.07 bits per heavy atom. The number of amides is 1. The monoisotopic (exact) mass is 222 g/mol. The number of carbonyl (C=O) groups excluding carboxylic acids is 1. The topological polar surface area (TPSA) is 44.1 Å². The molecule has 1 rings (SSSR count). The van der Waals surface area contributed by atoms with Gasteiger partial charge in [0.15, 0.2) is 0 Å².